The summed E-state index contributed by atoms with van der Waals surface area (Å²) in [6.45, 7) is 0.774. The SMILES string of the molecule is O=C(Cc1ccnc(C(=O)NC2(C(F)(F)F)CC2)c1)Cc1cc(OCc2ccccc2)c(C2(O)CCOCC2)cc1F. The number of ether oxygens (including phenoxy) is 2. The van der Waals surface area contributed by atoms with Crippen molar-refractivity contribution in [2.75, 3.05) is 13.2 Å². The van der Waals surface area contributed by atoms with E-state index in [-0.39, 0.29) is 67.7 Å². The van der Waals surface area contributed by atoms with Crippen LogP contribution in [0.3, 0.4) is 0 Å². The van der Waals surface area contributed by atoms with E-state index in [4.69, 9.17) is 9.47 Å². The fourth-order valence-corrected chi connectivity index (χ4v) is 5.02. The maximum absolute atomic E-state index is 15.3. The van der Waals surface area contributed by atoms with E-state index < -0.39 is 34.8 Å². The van der Waals surface area contributed by atoms with Crippen LogP contribution in [0.2, 0.25) is 0 Å². The van der Waals surface area contributed by atoms with Crippen molar-refractivity contribution in [3.8, 4) is 5.75 Å². The Morgan fingerprint density at radius 2 is 1.69 bits per heavy atom. The highest BCUT2D eigenvalue weighted by Gasteiger charge is 2.64. The molecule has 1 amide bonds. The molecule has 2 heterocycles. The standard InChI is InChI=1S/C31H30F4N2O5/c32-25-18-24(29(40)9-12-41-13-10-29)27(42-19-20-4-2-1-3-5-20)17-22(25)16-23(38)14-21-6-11-36-26(15-21)28(39)37-30(7-8-30)31(33,34)35/h1-6,11,15,17-18,40H,7-10,12-14,16,19H2,(H,37,39). The molecular formula is C31H30F4N2O5. The zero-order chi connectivity index (χ0) is 30.0. The van der Waals surface area contributed by atoms with E-state index in [9.17, 15) is 27.9 Å². The minimum absolute atomic E-state index is 0.0651. The van der Waals surface area contributed by atoms with Gasteiger partial charge < -0.3 is 19.9 Å². The summed E-state index contributed by atoms with van der Waals surface area (Å²) in [7, 11) is 0. The van der Waals surface area contributed by atoms with Crippen molar-refractivity contribution in [1.82, 2.24) is 10.3 Å². The summed E-state index contributed by atoms with van der Waals surface area (Å²) in [6.07, 6.45) is -3.72. The Balaban J connectivity index is 1.32. The third-order valence-electron chi connectivity index (χ3n) is 7.70. The van der Waals surface area contributed by atoms with Crippen molar-refractivity contribution in [3.63, 3.8) is 0 Å². The van der Waals surface area contributed by atoms with Crippen LogP contribution in [0.15, 0.2) is 60.8 Å². The Morgan fingerprint density at radius 3 is 2.36 bits per heavy atom. The van der Waals surface area contributed by atoms with Crippen molar-refractivity contribution in [3.05, 3.63) is 94.6 Å². The van der Waals surface area contributed by atoms with Gasteiger partial charge in [-0.1, -0.05) is 30.3 Å². The number of alkyl halides is 3. The van der Waals surface area contributed by atoms with Gasteiger partial charge in [0, 0.05) is 50.7 Å². The van der Waals surface area contributed by atoms with Crippen LogP contribution in [0.1, 0.15) is 58.4 Å². The Labute approximate surface area is 239 Å². The number of halogens is 4. The molecule has 222 valence electrons. The summed E-state index contributed by atoms with van der Waals surface area (Å²) < 4.78 is 66.5. The number of hydrogen-bond acceptors (Lipinski definition) is 6. The van der Waals surface area contributed by atoms with Crippen molar-refractivity contribution in [2.24, 2.45) is 0 Å². The number of Topliss-reactive ketones (excluding diaryl/α,β-unsaturated/α-hetero) is 1. The minimum atomic E-state index is -4.57. The number of aromatic nitrogens is 1. The normalized spacial score (nSPS) is 17.4. The summed E-state index contributed by atoms with van der Waals surface area (Å²) in [4.78, 5) is 29.3. The van der Waals surface area contributed by atoms with E-state index in [1.807, 2.05) is 35.6 Å². The molecule has 2 fully saturated rings. The number of ketones is 1. The lowest BCUT2D eigenvalue weighted by Crippen LogP contribution is -2.48. The van der Waals surface area contributed by atoms with Gasteiger partial charge in [0.05, 0.1) is 5.60 Å². The molecule has 1 aromatic heterocycles. The summed E-state index contributed by atoms with van der Waals surface area (Å²) in [5.74, 6) is -1.80. The van der Waals surface area contributed by atoms with E-state index in [1.165, 1.54) is 30.5 Å². The van der Waals surface area contributed by atoms with Crippen LogP contribution in [-0.2, 0) is 34.6 Å². The predicted molar refractivity (Wildman–Crippen MR) is 143 cm³/mol. The van der Waals surface area contributed by atoms with Crippen molar-refractivity contribution < 1.29 is 41.7 Å². The van der Waals surface area contributed by atoms with Crippen molar-refractivity contribution in [2.45, 2.75) is 62.4 Å². The first kappa shape index (κ1) is 29.7. The average Bonchev–Trinajstić information content (AvgIpc) is 3.75. The van der Waals surface area contributed by atoms with Crippen LogP contribution in [0.4, 0.5) is 17.6 Å². The molecule has 0 unspecified atom stereocenters. The number of rotatable bonds is 10. The van der Waals surface area contributed by atoms with Gasteiger partial charge >= 0.3 is 6.18 Å². The highest BCUT2D eigenvalue weighted by Crippen LogP contribution is 2.49. The van der Waals surface area contributed by atoms with E-state index in [0.29, 0.717) is 18.8 Å². The predicted octanol–water partition coefficient (Wildman–Crippen LogP) is 4.98. The lowest BCUT2D eigenvalue weighted by molar-refractivity contribution is -0.163. The summed E-state index contributed by atoms with van der Waals surface area (Å²) in [6, 6.07) is 14.7. The first-order valence-electron chi connectivity index (χ1n) is 13.6. The smallest absolute Gasteiger partial charge is 0.411 e. The molecule has 2 aromatic carbocycles. The first-order valence-corrected chi connectivity index (χ1v) is 13.6. The monoisotopic (exact) mass is 586 g/mol. The second-order valence-corrected chi connectivity index (χ2v) is 10.8. The largest absolute Gasteiger partial charge is 0.488 e. The highest BCUT2D eigenvalue weighted by molar-refractivity contribution is 5.93. The molecule has 5 rings (SSSR count). The van der Waals surface area contributed by atoms with Gasteiger partial charge in [0.25, 0.3) is 5.91 Å². The number of nitrogens with one attached hydrogen (secondary N) is 1. The molecule has 1 saturated heterocycles. The Kier molecular flexibility index (Phi) is 8.34. The van der Waals surface area contributed by atoms with Crippen LogP contribution in [-0.4, -0.2) is 46.7 Å². The molecule has 1 aliphatic heterocycles. The van der Waals surface area contributed by atoms with Gasteiger partial charge in [-0.05, 0) is 53.8 Å². The maximum atomic E-state index is 15.3. The molecule has 0 bridgehead atoms. The first-order chi connectivity index (χ1) is 20.0. The average molecular weight is 587 g/mol. The van der Waals surface area contributed by atoms with Gasteiger partial charge in [0.1, 0.15) is 35.2 Å². The van der Waals surface area contributed by atoms with Gasteiger partial charge in [-0.3, -0.25) is 14.6 Å². The Hall–Kier alpha value is -3.83. The van der Waals surface area contributed by atoms with Gasteiger partial charge in [-0.15, -0.1) is 0 Å². The third kappa shape index (κ3) is 6.63. The second kappa shape index (κ2) is 11.8. The number of aliphatic hydroxyl groups is 1. The Morgan fingerprint density at radius 1 is 0.976 bits per heavy atom. The van der Waals surface area contributed by atoms with E-state index >= 15 is 4.39 Å². The number of carbonyl (C=O) groups excluding carboxylic acids is 2. The molecular weight excluding hydrogens is 556 g/mol. The fourth-order valence-electron chi connectivity index (χ4n) is 5.02. The molecule has 2 aliphatic rings. The third-order valence-corrected chi connectivity index (χ3v) is 7.70. The minimum Gasteiger partial charge on any atom is -0.488 e. The van der Waals surface area contributed by atoms with E-state index in [1.54, 1.807) is 0 Å². The van der Waals surface area contributed by atoms with Gasteiger partial charge in [0.2, 0.25) is 0 Å². The zero-order valence-electron chi connectivity index (χ0n) is 22.7. The number of benzene rings is 2. The van der Waals surface area contributed by atoms with E-state index in [0.717, 1.165) is 5.56 Å². The zero-order valence-corrected chi connectivity index (χ0v) is 22.7. The lowest BCUT2D eigenvalue weighted by atomic mass is 9.84. The molecule has 0 radical (unpaired) electrons. The molecule has 7 nitrogen and oxygen atoms in total. The van der Waals surface area contributed by atoms with Crippen LogP contribution >= 0.6 is 0 Å². The summed E-state index contributed by atoms with van der Waals surface area (Å²) in [5, 5.41) is 13.3. The van der Waals surface area contributed by atoms with Crippen LogP contribution in [0.5, 0.6) is 5.75 Å². The van der Waals surface area contributed by atoms with Crippen LogP contribution in [0.25, 0.3) is 0 Å². The van der Waals surface area contributed by atoms with Crippen LogP contribution < -0.4 is 10.1 Å². The molecule has 11 heteroatoms. The van der Waals surface area contributed by atoms with Crippen molar-refractivity contribution in [1.29, 1.82) is 0 Å². The highest BCUT2D eigenvalue weighted by atomic mass is 19.4. The lowest BCUT2D eigenvalue weighted by Gasteiger charge is -2.34. The van der Waals surface area contributed by atoms with Crippen LogP contribution in [0, 0.1) is 5.82 Å². The number of hydrogen-bond donors (Lipinski definition) is 2. The fraction of sp³-hybridized carbons (Fsp3) is 0.387. The number of carbonyl (C=O) groups is 2. The maximum Gasteiger partial charge on any atom is 0.411 e. The van der Waals surface area contributed by atoms with E-state index in [2.05, 4.69) is 4.98 Å². The van der Waals surface area contributed by atoms with Gasteiger partial charge in [-0.2, -0.15) is 13.2 Å². The molecule has 0 spiro atoms. The number of pyridine rings is 1. The molecule has 42 heavy (non-hydrogen) atoms. The number of nitrogens with zero attached hydrogens (tertiary/aromatic N) is 1. The topological polar surface area (TPSA) is 97.8 Å². The molecule has 3 aromatic rings. The molecule has 0 atom stereocenters. The van der Waals surface area contributed by atoms with Gasteiger partial charge in [0.15, 0.2) is 0 Å². The summed E-state index contributed by atoms with van der Waals surface area (Å²) in [5.41, 5.74) is -2.27. The quantitative estimate of drug-likeness (QED) is 0.326. The second-order valence-electron chi connectivity index (χ2n) is 10.8. The van der Waals surface area contributed by atoms with Crippen molar-refractivity contribution >= 4 is 11.7 Å². The molecule has 1 aliphatic carbocycles. The number of amides is 1. The Bertz CT molecular complexity index is 1450. The molecule has 2 N–H and O–H groups in total. The molecule has 1 saturated carbocycles. The van der Waals surface area contributed by atoms with Gasteiger partial charge in [-0.25, -0.2) is 4.39 Å². The summed E-state index contributed by atoms with van der Waals surface area (Å²) >= 11 is 0.